The summed E-state index contributed by atoms with van der Waals surface area (Å²) >= 11 is 7.30. The Kier molecular flexibility index (Phi) is 4.62. The predicted octanol–water partition coefficient (Wildman–Crippen LogP) is 2.64. The number of para-hydroxylation sites is 2. The van der Waals surface area contributed by atoms with Gasteiger partial charge in [0.05, 0.1) is 23.0 Å². The fraction of sp³-hybridized carbons (Fsp3) is 0.222. The quantitative estimate of drug-likeness (QED) is 0.539. The highest BCUT2D eigenvalue weighted by Gasteiger charge is 2.21. The van der Waals surface area contributed by atoms with Gasteiger partial charge in [-0.05, 0) is 53.8 Å². The Hall–Kier alpha value is -2.42. The number of nitrogens with one attached hydrogen (secondary N) is 1. The fourth-order valence-corrected chi connectivity index (χ4v) is 4.12. The normalized spacial score (nSPS) is 13.8. The van der Waals surface area contributed by atoms with Crippen molar-refractivity contribution in [1.82, 2.24) is 24.8 Å². The van der Waals surface area contributed by atoms with Crippen LogP contribution in [0.3, 0.4) is 0 Å². The molecule has 0 fully saturated rings. The van der Waals surface area contributed by atoms with Gasteiger partial charge < -0.3 is 4.90 Å². The van der Waals surface area contributed by atoms with Crippen LogP contribution in [0.2, 0.25) is 0 Å². The van der Waals surface area contributed by atoms with Crippen molar-refractivity contribution in [1.29, 1.82) is 0 Å². The van der Waals surface area contributed by atoms with Crippen LogP contribution in [0.1, 0.15) is 18.0 Å². The Morgan fingerprint density at radius 2 is 1.81 bits per heavy atom. The number of quaternary nitrogens is 1. The van der Waals surface area contributed by atoms with Crippen LogP contribution in [0.5, 0.6) is 0 Å². The van der Waals surface area contributed by atoms with Gasteiger partial charge in [0.1, 0.15) is 6.04 Å². The molecule has 0 spiro atoms. The Bertz CT molecular complexity index is 1050. The lowest BCUT2D eigenvalue weighted by Gasteiger charge is -2.19. The Morgan fingerprint density at radius 3 is 2.58 bits per heavy atom. The molecule has 6 nitrogen and oxygen atoms in total. The molecule has 0 saturated carbocycles. The second-order valence-electron chi connectivity index (χ2n) is 6.25. The molecule has 2 heterocycles. The number of aromatic nitrogens is 5. The number of fused-ring (bicyclic) bond motifs is 1. The maximum atomic E-state index is 5.56. The minimum absolute atomic E-state index is 0.233. The van der Waals surface area contributed by atoms with Gasteiger partial charge in [0.25, 0.3) is 0 Å². The van der Waals surface area contributed by atoms with Crippen molar-refractivity contribution >= 4 is 33.8 Å². The first kappa shape index (κ1) is 17.0. The van der Waals surface area contributed by atoms with E-state index in [0.29, 0.717) is 11.4 Å². The molecule has 0 saturated heterocycles. The van der Waals surface area contributed by atoms with Gasteiger partial charge in [-0.25, -0.2) is 4.98 Å². The molecule has 2 aromatic carbocycles. The first-order valence-electron chi connectivity index (χ1n) is 8.39. The van der Waals surface area contributed by atoms with Gasteiger partial charge in [0.15, 0.2) is 11.7 Å². The zero-order chi connectivity index (χ0) is 18.1. The second-order valence-corrected chi connectivity index (χ2v) is 7.68. The van der Waals surface area contributed by atoms with E-state index in [1.54, 1.807) is 20.7 Å². The fourth-order valence-electron chi connectivity index (χ4n) is 2.76. The molecule has 0 radical (unpaired) electrons. The maximum absolute atomic E-state index is 5.56. The van der Waals surface area contributed by atoms with Crippen LogP contribution in [0.25, 0.3) is 15.9 Å². The number of nitrogens with zero attached hydrogens (tertiary/aromatic N) is 5. The van der Waals surface area contributed by atoms with Crippen molar-refractivity contribution in [2.24, 2.45) is 0 Å². The molecule has 2 aromatic heterocycles. The highest BCUT2D eigenvalue weighted by molar-refractivity contribution is 7.71. The van der Waals surface area contributed by atoms with Crippen LogP contribution in [0.4, 0.5) is 0 Å². The van der Waals surface area contributed by atoms with Crippen LogP contribution in [-0.2, 0) is 6.67 Å². The summed E-state index contributed by atoms with van der Waals surface area (Å²) < 4.78 is 5.26. The van der Waals surface area contributed by atoms with E-state index < -0.39 is 0 Å². The van der Waals surface area contributed by atoms with E-state index >= 15 is 0 Å². The molecule has 4 aromatic rings. The lowest BCUT2D eigenvalue weighted by molar-refractivity contribution is -0.933. The molecule has 26 heavy (non-hydrogen) atoms. The summed E-state index contributed by atoms with van der Waals surface area (Å²) in [5, 5.41) is 9.56. The Morgan fingerprint density at radius 1 is 1.08 bits per heavy atom. The zero-order valence-corrected chi connectivity index (χ0v) is 16.2. The van der Waals surface area contributed by atoms with E-state index in [4.69, 9.17) is 17.2 Å². The average Bonchev–Trinajstić information content (AvgIpc) is 3.26. The number of benzene rings is 2. The molecule has 8 heteroatoms. The molecule has 0 aliphatic rings. The van der Waals surface area contributed by atoms with Gasteiger partial charge in [-0.3, -0.25) is 0 Å². The van der Waals surface area contributed by atoms with E-state index in [0.717, 1.165) is 16.2 Å². The SMILES string of the molecule is C[C@H](c1nc2ccccc2s1)[NH+](C)Cn1nnn(-c2ccccc2)c1=S. The van der Waals surface area contributed by atoms with Crippen LogP contribution in [0.15, 0.2) is 54.6 Å². The van der Waals surface area contributed by atoms with E-state index in [1.807, 2.05) is 42.5 Å². The number of hydrogen-bond donors (Lipinski definition) is 1. The third-order valence-corrected chi connectivity index (χ3v) is 6.06. The summed E-state index contributed by atoms with van der Waals surface area (Å²) in [6.07, 6.45) is 0. The molecule has 2 atom stereocenters. The number of thiazole rings is 1. The highest BCUT2D eigenvalue weighted by Crippen LogP contribution is 2.24. The number of hydrogen-bond acceptors (Lipinski definition) is 5. The molecule has 132 valence electrons. The van der Waals surface area contributed by atoms with E-state index in [-0.39, 0.29) is 6.04 Å². The zero-order valence-electron chi connectivity index (χ0n) is 14.5. The molecule has 0 amide bonds. The van der Waals surface area contributed by atoms with Gasteiger partial charge in [-0.2, -0.15) is 9.36 Å². The second kappa shape index (κ2) is 7.06. The standard InChI is InChI=1S/C18H18N6S2/c1-13(17-19-15-10-6-7-11-16(15)26-17)22(2)12-23-18(25)24(21-20-23)14-8-4-3-5-9-14/h3-11,13H,12H2,1-2H3/p+1/t13-/m1/s1. The summed E-state index contributed by atoms with van der Waals surface area (Å²) in [6.45, 7) is 2.81. The third-order valence-electron chi connectivity index (χ3n) is 4.46. The van der Waals surface area contributed by atoms with Crippen LogP contribution in [-0.4, -0.2) is 31.8 Å². The lowest BCUT2D eigenvalue weighted by atomic mass is 10.3. The van der Waals surface area contributed by atoms with Crippen molar-refractivity contribution in [3.8, 4) is 5.69 Å². The minimum Gasteiger partial charge on any atom is -0.311 e. The van der Waals surface area contributed by atoms with Crippen LogP contribution < -0.4 is 4.90 Å². The molecule has 1 unspecified atom stereocenters. The van der Waals surface area contributed by atoms with Crippen molar-refractivity contribution < 1.29 is 4.90 Å². The van der Waals surface area contributed by atoms with E-state index in [9.17, 15) is 0 Å². The number of rotatable bonds is 5. The summed E-state index contributed by atoms with van der Waals surface area (Å²) in [5.41, 5.74) is 1.97. The molecule has 4 rings (SSSR count). The molecule has 1 N–H and O–H groups in total. The monoisotopic (exact) mass is 383 g/mol. The van der Waals surface area contributed by atoms with Gasteiger partial charge in [0.2, 0.25) is 4.77 Å². The van der Waals surface area contributed by atoms with Gasteiger partial charge in [0, 0.05) is 0 Å². The Balaban J connectivity index is 1.55. The summed E-state index contributed by atoms with van der Waals surface area (Å²) in [4.78, 5) is 6.02. The molecular weight excluding hydrogens is 364 g/mol. The summed E-state index contributed by atoms with van der Waals surface area (Å²) in [6, 6.07) is 18.3. The van der Waals surface area contributed by atoms with Gasteiger partial charge in [-0.1, -0.05) is 30.3 Å². The maximum Gasteiger partial charge on any atom is 0.225 e. The van der Waals surface area contributed by atoms with Gasteiger partial charge in [-0.15, -0.1) is 11.3 Å². The van der Waals surface area contributed by atoms with Crippen molar-refractivity contribution in [3.05, 3.63) is 64.4 Å². The smallest absolute Gasteiger partial charge is 0.225 e. The van der Waals surface area contributed by atoms with Gasteiger partial charge >= 0.3 is 0 Å². The van der Waals surface area contributed by atoms with Crippen LogP contribution in [0, 0.1) is 4.77 Å². The Labute approximate surface area is 160 Å². The van der Waals surface area contributed by atoms with Crippen molar-refractivity contribution in [2.75, 3.05) is 7.05 Å². The summed E-state index contributed by atoms with van der Waals surface area (Å²) in [5.74, 6) is 0. The highest BCUT2D eigenvalue weighted by atomic mass is 32.1. The topological polar surface area (TPSA) is 53.0 Å². The first-order chi connectivity index (χ1) is 12.6. The first-order valence-corrected chi connectivity index (χ1v) is 9.62. The third kappa shape index (κ3) is 3.18. The molecule has 0 bridgehead atoms. The van der Waals surface area contributed by atoms with Crippen molar-refractivity contribution in [3.63, 3.8) is 0 Å². The average molecular weight is 384 g/mol. The predicted molar refractivity (Wildman–Crippen MR) is 105 cm³/mol. The minimum atomic E-state index is 0.233. The van der Waals surface area contributed by atoms with Crippen molar-refractivity contribution in [2.45, 2.75) is 19.6 Å². The van der Waals surface area contributed by atoms with E-state index in [2.05, 4.69) is 36.5 Å². The number of tetrazole rings is 1. The largest absolute Gasteiger partial charge is 0.311 e. The molecular formula is C18H19N6S2+. The summed E-state index contributed by atoms with van der Waals surface area (Å²) in [7, 11) is 2.13. The van der Waals surface area contributed by atoms with E-state index in [1.165, 1.54) is 9.60 Å². The lowest BCUT2D eigenvalue weighted by Crippen LogP contribution is -3.08. The van der Waals surface area contributed by atoms with Crippen LogP contribution >= 0.6 is 23.6 Å². The molecule has 0 aliphatic heterocycles. The molecule has 0 aliphatic carbocycles.